The molecule has 3 aromatic rings. The lowest BCUT2D eigenvalue weighted by atomic mass is 10.1. The van der Waals surface area contributed by atoms with Crippen molar-refractivity contribution < 1.29 is 13.2 Å². The van der Waals surface area contributed by atoms with E-state index in [2.05, 4.69) is 10.3 Å². The van der Waals surface area contributed by atoms with Crippen LogP contribution in [0.1, 0.15) is 15.9 Å². The monoisotopic (exact) mass is 401 g/mol. The molecule has 0 aliphatic rings. The third kappa shape index (κ3) is 4.41. The number of hydrogen-bond acceptors (Lipinski definition) is 5. The van der Waals surface area contributed by atoms with Gasteiger partial charge in [-0.15, -0.1) is 0 Å². The van der Waals surface area contributed by atoms with E-state index < -0.39 is 10.0 Å². The van der Waals surface area contributed by atoms with Gasteiger partial charge in [-0.25, -0.2) is 12.7 Å². The normalized spacial score (nSPS) is 11.5. The van der Waals surface area contributed by atoms with Crippen LogP contribution in [0, 0.1) is 0 Å². The van der Waals surface area contributed by atoms with E-state index in [-0.39, 0.29) is 10.8 Å². The first-order chi connectivity index (χ1) is 12.9. The maximum Gasteiger partial charge on any atom is 0.251 e. The number of nitrogens with zero attached hydrogens (tertiary/aromatic N) is 2. The summed E-state index contributed by atoms with van der Waals surface area (Å²) in [7, 11) is -0.571. The molecule has 2 aromatic heterocycles. The zero-order valence-corrected chi connectivity index (χ0v) is 16.5. The SMILES string of the molecule is CN(C)S(=O)(=O)c1ccc(C(=O)NCc2ccnc(-c3ccsc3)c2)cc1. The average Bonchev–Trinajstić information content (AvgIpc) is 3.21. The highest BCUT2D eigenvalue weighted by Crippen LogP contribution is 2.20. The minimum atomic E-state index is -3.51. The molecule has 0 radical (unpaired) electrons. The van der Waals surface area contributed by atoms with Crippen molar-refractivity contribution >= 4 is 27.3 Å². The molecule has 0 fully saturated rings. The number of sulfonamides is 1. The van der Waals surface area contributed by atoms with E-state index >= 15 is 0 Å². The van der Waals surface area contributed by atoms with Crippen LogP contribution in [0.2, 0.25) is 0 Å². The number of thiophene rings is 1. The Hall–Kier alpha value is -2.55. The Kier molecular flexibility index (Phi) is 5.69. The second-order valence-corrected chi connectivity index (χ2v) is 8.99. The minimum absolute atomic E-state index is 0.151. The van der Waals surface area contributed by atoms with E-state index in [4.69, 9.17) is 0 Å². The van der Waals surface area contributed by atoms with E-state index in [1.165, 1.54) is 38.4 Å². The Bertz CT molecular complexity index is 1030. The largest absolute Gasteiger partial charge is 0.348 e. The van der Waals surface area contributed by atoms with Gasteiger partial charge in [-0.2, -0.15) is 11.3 Å². The van der Waals surface area contributed by atoms with Crippen LogP contribution in [0.5, 0.6) is 0 Å². The molecule has 0 atom stereocenters. The predicted molar refractivity (Wildman–Crippen MR) is 106 cm³/mol. The van der Waals surface area contributed by atoms with Crippen molar-refractivity contribution in [2.75, 3.05) is 14.1 Å². The van der Waals surface area contributed by atoms with Crippen molar-refractivity contribution in [3.63, 3.8) is 0 Å². The third-order valence-corrected chi connectivity index (χ3v) is 6.50. The fourth-order valence-corrected chi connectivity index (χ4v) is 3.98. The van der Waals surface area contributed by atoms with Crippen molar-refractivity contribution in [1.82, 2.24) is 14.6 Å². The van der Waals surface area contributed by atoms with Crippen molar-refractivity contribution in [3.8, 4) is 11.3 Å². The van der Waals surface area contributed by atoms with E-state index in [0.29, 0.717) is 12.1 Å². The quantitative estimate of drug-likeness (QED) is 0.689. The topological polar surface area (TPSA) is 79.4 Å². The summed E-state index contributed by atoms with van der Waals surface area (Å²) in [5, 5.41) is 6.86. The summed E-state index contributed by atoms with van der Waals surface area (Å²) >= 11 is 1.60. The molecule has 0 aliphatic heterocycles. The van der Waals surface area contributed by atoms with Crippen LogP contribution < -0.4 is 5.32 Å². The molecule has 1 amide bonds. The summed E-state index contributed by atoms with van der Waals surface area (Å²) < 4.78 is 25.3. The van der Waals surface area contributed by atoms with Crippen molar-refractivity contribution in [1.29, 1.82) is 0 Å². The van der Waals surface area contributed by atoms with Crippen LogP contribution in [-0.2, 0) is 16.6 Å². The smallest absolute Gasteiger partial charge is 0.251 e. The van der Waals surface area contributed by atoms with Crippen LogP contribution in [0.4, 0.5) is 0 Å². The molecule has 140 valence electrons. The van der Waals surface area contributed by atoms with E-state index in [0.717, 1.165) is 21.1 Å². The fraction of sp³-hybridized carbons (Fsp3) is 0.158. The number of amides is 1. The number of carbonyl (C=O) groups excluding carboxylic acids is 1. The number of nitrogens with one attached hydrogen (secondary N) is 1. The van der Waals surface area contributed by atoms with Crippen molar-refractivity contribution in [3.05, 3.63) is 70.5 Å². The molecule has 8 heteroatoms. The van der Waals surface area contributed by atoms with Crippen LogP contribution >= 0.6 is 11.3 Å². The Morgan fingerprint density at radius 1 is 1.15 bits per heavy atom. The standard InChI is InChI=1S/C19H19N3O3S2/c1-22(2)27(24,25)17-5-3-15(4-6-17)19(23)21-12-14-7-9-20-18(11-14)16-8-10-26-13-16/h3-11,13H,12H2,1-2H3,(H,21,23). The van der Waals surface area contributed by atoms with Gasteiger partial charge in [0.2, 0.25) is 10.0 Å². The van der Waals surface area contributed by atoms with E-state index in [1.54, 1.807) is 17.5 Å². The molecular formula is C19H19N3O3S2. The molecule has 0 saturated carbocycles. The second-order valence-electron chi connectivity index (χ2n) is 6.06. The summed E-state index contributed by atoms with van der Waals surface area (Å²) in [4.78, 5) is 16.8. The van der Waals surface area contributed by atoms with E-state index in [9.17, 15) is 13.2 Å². The lowest BCUT2D eigenvalue weighted by molar-refractivity contribution is 0.0951. The summed E-state index contributed by atoms with van der Waals surface area (Å²) in [6.07, 6.45) is 1.72. The number of rotatable bonds is 6. The highest BCUT2D eigenvalue weighted by Gasteiger charge is 2.17. The van der Waals surface area contributed by atoms with Crippen molar-refractivity contribution in [2.45, 2.75) is 11.4 Å². The molecule has 27 heavy (non-hydrogen) atoms. The summed E-state index contributed by atoms with van der Waals surface area (Å²) in [5.74, 6) is -0.266. The molecule has 0 saturated heterocycles. The maximum absolute atomic E-state index is 12.3. The zero-order valence-electron chi connectivity index (χ0n) is 14.9. The molecule has 3 rings (SSSR count). The Balaban J connectivity index is 1.67. The lowest BCUT2D eigenvalue weighted by Gasteiger charge is -2.11. The van der Waals surface area contributed by atoms with Gasteiger partial charge >= 0.3 is 0 Å². The Labute approximate surface area is 162 Å². The van der Waals surface area contributed by atoms with Crippen LogP contribution in [0.3, 0.4) is 0 Å². The summed E-state index contributed by atoms with van der Waals surface area (Å²) in [5.41, 5.74) is 3.25. The zero-order chi connectivity index (χ0) is 19.4. The molecule has 0 bridgehead atoms. The number of aromatic nitrogens is 1. The fourth-order valence-electron chi connectivity index (χ4n) is 2.43. The first-order valence-corrected chi connectivity index (χ1v) is 10.5. The molecule has 0 aliphatic carbocycles. The predicted octanol–water partition coefficient (Wildman–Crippen LogP) is 2.99. The molecule has 1 N–H and O–H groups in total. The maximum atomic E-state index is 12.3. The molecule has 2 heterocycles. The first kappa shape index (κ1) is 19.2. The van der Waals surface area contributed by atoms with Gasteiger partial charge in [0.25, 0.3) is 5.91 Å². The van der Waals surface area contributed by atoms with Gasteiger partial charge < -0.3 is 5.32 Å². The van der Waals surface area contributed by atoms with Gasteiger partial charge in [-0.1, -0.05) is 0 Å². The molecule has 1 aromatic carbocycles. The first-order valence-electron chi connectivity index (χ1n) is 8.16. The highest BCUT2D eigenvalue weighted by atomic mass is 32.2. The van der Waals surface area contributed by atoms with Crippen molar-refractivity contribution in [2.24, 2.45) is 0 Å². The van der Waals surface area contributed by atoms with Gasteiger partial charge in [0, 0.05) is 43.3 Å². The summed E-state index contributed by atoms with van der Waals surface area (Å²) in [6.45, 7) is 0.357. The molecule has 6 nitrogen and oxygen atoms in total. The van der Waals surface area contributed by atoms with Crippen LogP contribution in [0.15, 0.2) is 64.3 Å². The van der Waals surface area contributed by atoms with Gasteiger partial charge in [-0.3, -0.25) is 9.78 Å². The number of pyridine rings is 1. The van der Waals surface area contributed by atoms with Gasteiger partial charge in [0.05, 0.1) is 10.6 Å². The van der Waals surface area contributed by atoms with Gasteiger partial charge in [-0.05, 0) is 53.4 Å². The minimum Gasteiger partial charge on any atom is -0.348 e. The lowest BCUT2D eigenvalue weighted by Crippen LogP contribution is -2.24. The van der Waals surface area contributed by atoms with Crippen LogP contribution in [0.25, 0.3) is 11.3 Å². The molecule has 0 unspecified atom stereocenters. The number of carbonyl (C=O) groups is 1. The van der Waals surface area contributed by atoms with Gasteiger partial charge in [0.1, 0.15) is 0 Å². The third-order valence-electron chi connectivity index (χ3n) is 3.99. The Morgan fingerprint density at radius 2 is 1.89 bits per heavy atom. The molecular weight excluding hydrogens is 382 g/mol. The van der Waals surface area contributed by atoms with E-state index in [1.807, 2.05) is 29.0 Å². The molecule has 0 spiro atoms. The second kappa shape index (κ2) is 7.99. The number of hydrogen-bond donors (Lipinski definition) is 1. The Morgan fingerprint density at radius 3 is 2.52 bits per heavy atom. The summed E-state index contributed by atoms with van der Waals surface area (Å²) in [6, 6.07) is 11.7. The number of benzene rings is 1. The average molecular weight is 402 g/mol. The van der Waals surface area contributed by atoms with Gasteiger partial charge in [0.15, 0.2) is 0 Å². The highest BCUT2D eigenvalue weighted by molar-refractivity contribution is 7.89. The van der Waals surface area contributed by atoms with Crippen LogP contribution in [-0.4, -0.2) is 37.7 Å².